The normalized spacial score (nSPS) is 11.8. The first-order valence-corrected chi connectivity index (χ1v) is 6.86. The van der Waals surface area contributed by atoms with Gasteiger partial charge in [-0.25, -0.2) is 0 Å². The molecule has 108 valence electrons. The molecule has 1 heterocycles. The van der Waals surface area contributed by atoms with Crippen LogP contribution in [0.4, 0.5) is 5.69 Å². The predicted molar refractivity (Wildman–Crippen MR) is 80.6 cm³/mol. The summed E-state index contributed by atoms with van der Waals surface area (Å²) in [7, 11) is 0. The van der Waals surface area contributed by atoms with E-state index in [0.29, 0.717) is 24.1 Å². The van der Waals surface area contributed by atoms with Crippen LogP contribution in [-0.2, 0) is 0 Å². The Morgan fingerprint density at radius 1 is 1.40 bits per heavy atom. The number of carbonyl (C=O) groups excluding carboxylic acids is 1. The number of aliphatic hydroxyl groups is 1. The Balaban J connectivity index is 2.16. The van der Waals surface area contributed by atoms with E-state index in [1.54, 1.807) is 18.3 Å². The number of H-pyrrole nitrogens is 1. The molecule has 1 amide bonds. The van der Waals surface area contributed by atoms with Crippen molar-refractivity contribution in [3.05, 3.63) is 30.0 Å². The zero-order valence-corrected chi connectivity index (χ0v) is 11.9. The molecule has 0 aliphatic rings. The number of amides is 1. The Bertz CT molecular complexity index is 615. The van der Waals surface area contributed by atoms with E-state index in [9.17, 15) is 9.90 Å². The Morgan fingerprint density at radius 2 is 2.10 bits per heavy atom. The molecule has 2 rings (SSSR count). The fourth-order valence-corrected chi connectivity index (χ4v) is 2.17. The minimum Gasteiger partial charge on any atom is -0.399 e. The van der Waals surface area contributed by atoms with Crippen LogP contribution in [0, 0.1) is 0 Å². The zero-order chi connectivity index (χ0) is 14.8. The first kappa shape index (κ1) is 14.4. The van der Waals surface area contributed by atoms with E-state index in [1.165, 1.54) is 0 Å². The van der Waals surface area contributed by atoms with Crippen LogP contribution in [-0.4, -0.2) is 28.1 Å². The van der Waals surface area contributed by atoms with Crippen LogP contribution in [0.1, 0.15) is 37.0 Å². The highest BCUT2D eigenvalue weighted by Gasteiger charge is 2.23. The van der Waals surface area contributed by atoms with Crippen molar-refractivity contribution < 1.29 is 9.90 Å². The molecule has 0 aliphatic heterocycles. The van der Waals surface area contributed by atoms with Crippen LogP contribution >= 0.6 is 0 Å². The first-order chi connectivity index (χ1) is 9.49. The third-order valence-corrected chi connectivity index (χ3v) is 3.84. The Hall–Kier alpha value is -2.01. The average molecular weight is 275 g/mol. The summed E-state index contributed by atoms with van der Waals surface area (Å²) in [6, 6.07) is 5.38. The van der Waals surface area contributed by atoms with Crippen LogP contribution in [0.25, 0.3) is 10.9 Å². The van der Waals surface area contributed by atoms with Gasteiger partial charge in [0.25, 0.3) is 5.91 Å². The summed E-state index contributed by atoms with van der Waals surface area (Å²) >= 11 is 0. The van der Waals surface area contributed by atoms with Gasteiger partial charge in [0.15, 0.2) is 0 Å². The second kappa shape index (κ2) is 5.54. The highest BCUT2D eigenvalue weighted by molar-refractivity contribution is 6.07. The summed E-state index contributed by atoms with van der Waals surface area (Å²) in [6.45, 7) is 4.06. The summed E-state index contributed by atoms with van der Waals surface area (Å²) in [4.78, 5) is 15.2. The fourth-order valence-electron chi connectivity index (χ4n) is 2.17. The monoisotopic (exact) mass is 275 g/mol. The summed E-state index contributed by atoms with van der Waals surface area (Å²) in [6.07, 6.45) is 2.87. The van der Waals surface area contributed by atoms with Gasteiger partial charge in [0.05, 0.1) is 11.2 Å². The van der Waals surface area contributed by atoms with Gasteiger partial charge in [0.1, 0.15) is 0 Å². The van der Waals surface area contributed by atoms with Gasteiger partial charge in [0, 0.05) is 29.3 Å². The van der Waals surface area contributed by atoms with E-state index in [-0.39, 0.29) is 12.5 Å². The lowest BCUT2D eigenvalue weighted by molar-refractivity contribution is 0.0314. The summed E-state index contributed by atoms with van der Waals surface area (Å²) in [5, 5.41) is 13.8. The van der Waals surface area contributed by atoms with Gasteiger partial charge in [-0.15, -0.1) is 0 Å². The molecule has 1 aromatic carbocycles. The number of carbonyl (C=O) groups is 1. The van der Waals surface area contributed by atoms with Gasteiger partial charge in [-0.2, -0.15) is 0 Å². The van der Waals surface area contributed by atoms with Crippen molar-refractivity contribution in [1.82, 2.24) is 10.3 Å². The molecule has 1 aromatic heterocycles. The summed E-state index contributed by atoms with van der Waals surface area (Å²) in [5.74, 6) is -0.193. The third kappa shape index (κ3) is 2.77. The lowest BCUT2D eigenvalue weighted by Crippen LogP contribution is -2.42. The number of hydrogen-bond acceptors (Lipinski definition) is 3. The molecule has 5 nitrogen and oxygen atoms in total. The van der Waals surface area contributed by atoms with E-state index in [2.05, 4.69) is 10.3 Å². The van der Waals surface area contributed by atoms with Gasteiger partial charge >= 0.3 is 0 Å². The van der Waals surface area contributed by atoms with Gasteiger partial charge < -0.3 is 21.1 Å². The number of aromatic nitrogens is 1. The maximum absolute atomic E-state index is 12.2. The molecular formula is C15H21N3O2. The Morgan fingerprint density at radius 3 is 2.75 bits per heavy atom. The molecule has 0 spiro atoms. The third-order valence-electron chi connectivity index (χ3n) is 3.84. The fraction of sp³-hybridized carbons (Fsp3) is 0.400. The average Bonchev–Trinajstić information content (AvgIpc) is 2.87. The number of benzene rings is 1. The van der Waals surface area contributed by atoms with Gasteiger partial charge in [-0.3, -0.25) is 4.79 Å². The quantitative estimate of drug-likeness (QED) is 0.629. The molecule has 0 saturated carbocycles. The van der Waals surface area contributed by atoms with E-state index in [0.717, 1.165) is 10.9 Å². The molecule has 0 fully saturated rings. The highest BCUT2D eigenvalue weighted by atomic mass is 16.3. The molecule has 5 heteroatoms. The van der Waals surface area contributed by atoms with Gasteiger partial charge in [-0.1, -0.05) is 13.8 Å². The van der Waals surface area contributed by atoms with E-state index in [4.69, 9.17) is 5.73 Å². The lowest BCUT2D eigenvalue weighted by atomic mass is 9.97. The second-order valence-corrected chi connectivity index (χ2v) is 5.12. The van der Waals surface area contributed by atoms with Crippen LogP contribution in [0.3, 0.4) is 0 Å². The molecule has 0 radical (unpaired) electrons. The Kier molecular flexibility index (Phi) is 3.99. The van der Waals surface area contributed by atoms with Crippen molar-refractivity contribution >= 4 is 22.5 Å². The van der Waals surface area contributed by atoms with E-state index < -0.39 is 5.60 Å². The molecule has 0 saturated heterocycles. The van der Waals surface area contributed by atoms with Crippen LogP contribution < -0.4 is 11.1 Å². The lowest BCUT2D eigenvalue weighted by Gasteiger charge is -2.25. The number of nitrogens with one attached hydrogen (secondary N) is 2. The van der Waals surface area contributed by atoms with Crippen molar-refractivity contribution in [2.24, 2.45) is 0 Å². The van der Waals surface area contributed by atoms with Crippen LogP contribution in [0.15, 0.2) is 24.4 Å². The standard InChI is InChI=1S/C15H21N3O2/c1-3-15(20,4-2)9-18-14(19)12-8-17-13-7-10(16)5-6-11(12)13/h5-8,17,20H,3-4,9,16H2,1-2H3,(H,18,19). The summed E-state index contributed by atoms with van der Waals surface area (Å²) < 4.78 is 0. The number of fused-ring (bicyclic) bond motifs is 1. The van der Waals surface area contributed by atoms with E-state index >= 15 is 0 Å². The van der Waals surface area contributed by atoms with Crippen LogP contribution in [0.2, 0.25) is 0 Å². The number of nitrogens with two attached hydrogens (primary N) is 1. The van der Waals surface area contributed by atoms with Gasteiger partial charge in [0.2, 0.25) is 0 Å². The number of hydrogen-bond donors (Lipinski definition) is 4. The first-order valence-electron chi connectivity index (χ1n) is 6.86. The smallest absolute Gasteiger partial charge is 0.253 e. The maximum atomic E-state index is 12.2. The number of aromatic amines is 1. The molecule has 0 bridgehead atoms. The maximum Gasteiger partial charge on any atom is 0.253 e. The number of anilines is 1. The van der Waals surface area contributed by atoms with Crippen molar-refractivity contribution in [2.45, 2.75) is 32.3 Å². The summed E-state index contributed by atoms with van der Waals surface area (Å²) in [5.41, 5.74) is 6.91. The molecule has 0 aliphatic carbocycles. The van der Waals surface area contributed by atoms with Crippen molar-refractivity contribution in [2.75, 3.05) is 12.3 Å². The van der Waals surface area contributed by atoms with Crippen molar-refractivity contribution in [3.63, 3.8) is 0 Å². The van der Waals surface area contributed by atoms with E-state index in [1.807, 2.05) is 19.9 Å². The SMILES string of the molecule is CCC(O)(CC)CNC(=O)c1c[nH]c2cc(N)ccc12. The molecular weight excluding hydrogens is 254 g/mol. The minimum atomic E-state index is -0.841. The number of rotatable bonds is 5. The van der Waals surface area contributed by atoms with Crippen molar-refractivity contribution in [3.8, 4) is 0 Å². The Labute approximate surface area is 118 Å². The number of nitrogen functional groups attached to an aromatic ring is 1. The molecule has 0 atom stereocenters. The molecule has 0 unspecified atom stereocenters. The minimum absolute atomic E-state index is 0.193. The largest absolute Gasteiger partial charge is 0.399 e. The highest BCUT2D eigenvalue weighted by Crippen LogP contribution is 2.21. The topological polar surface area (TPSA) is 91.1 Å². The van der Waals surface area contributed by atoms with Crippen molar-refractivity contribution in [1.29, 1.82) is 0 Å². The molecule has 5 N–H and O–H groups in total. The van der Waals surface area contributed by atoms with Crippen LogP contribution in [0.5, 0.6) is 0 Å². The second-order valence-electron chi connectivity index (χ2n) is 5.12. The zero-order valence-electron chi connectivity index (χ0n) is 11.9. The van der Waals surface area contributed by atoms with Gasteiger partial charge in [-0.05, 0) is 31.0 Å². The molecule has 2 aromatic rings. The predicted octanol–water partition coefficient (Wildman–Crippen LogP) is 2.03. The molecule has 20 heavy (non-hydrogen) atoms.